The molecule has 17 heavy (non-hydrogen) atoms. The lowest BCUT2D eigenvalue weighted by molar-refractivity contribution is 1.14. The number of hydrogen-bond donors (Lipinski definition) is 0. The minimum absolute atomic E-state index is 0.636. The van der Waals surface area contributed by atoms with E-state index in [0.29, 0.717) is 5.82 Å². The molecule has 0 saturated heterocycles. The highest BCUT2D eigenvalue weighted by atomic mass is 32.1. The van der Waals surface area contributed by atoms with Crippen LogP contribution in [-0.4, -0.2) is 19.9 Å². The third-order valence-electron chi connectivity index (χ3n) is 2.23. The van der Waals surface area contributed by atoms with E-state index in [1.807, 2.05) is 24.3 Å². The molecule has 3 aromatic heterocycles. The minimum Gasteiger partial charge on any atom is -0.253 e. The summed E-state index contributed by atoms with van der Waals surface area (Å²) in [6, 6.07) is 7.56. The molecule has 0 aliphatic carbocycles. The fourth-order valence-corrected chi connectivity index (χ4v) is 2.05. The van der Waals surface area contributed by atoms with Crippen LogP contribution in [0.15, 0.2) is 48.4 Å². The van der Waals surface area contributed by atoms with Crippen LogP contribution in [0.25, 0.3) is 22.1 Å². The van der Waals surface area contributed by atoms with Crippen molar-refractivity contribution >= 4 is 11.3 Å². The van der Waals surface area contributed by atoms with Crippen molar-refractivity contribution in [3.05, 3.63) is 48.4 Å². The van der Waals surface area contributed by atoms with Crippen LogP contribution in [0, 0.1) is 0 Å². The van der Waals surface area contributed by atoms with E-state index in [0.717, 1.165) is 16.3 Å². The average molecular weight is 240 g/mol. The van der Waals surface area contributed by atoms with E-state index in [1.54, 1.807) is 35.4 Å². The van der Waals surface area contributed by atoms with E-state index in [-0.39, 0.29) is 0 Å². The summed E-state index contributed by atoms with van der Waals surface area (Å²) in [5.41, 5.74) is 3.44. The molecule has 0 unspecified atom stereocenters. The van der Waals surface area contributed by atoms with Crippen molar-refractivity contribution in [2.75, 3.05) is 0 Å². The van der Waals surface area contributed by atoms with Crippen LogP contribution in [0.4, 0.5) is 0 Å². The number of hydrogen-bond acceptors (Lipinski definition) is 5. The van der Waals surface area contributed by atoms with Gasteiger partial charge >= 0.3 is 0 Å². The SMILES string of the molecule is c1ccc(-c2nccc(-c3cncs3)n2)nc1. The summed E-state index contributed by atoms with van der Waals surface area (Å²) in [5.74, 6) is 0.636. The summed E-state index contributed by atoms with van der Waals surface area (Å²) in [4.78, 5) is 18.0. The predicted molar refractivity (Wildman–Crippen MR) is 66.4 cm³/mol. The summed E-state index contributed by atoms with van der Waals surface area (Å²) < 4.78 is 0. The first kappa shape index (κ1) is 10.0. The summed E-state index contributed by atoms with van der Waals surface area (Å²) in [7, 11) is 0. The Bertz CT molecular complexity index is 607. The van der Waals surface area contributed by atoms with Gasteiger partial charge in [-0.2, -0.15) is 0 Å². The predicted octanol–water partition coefficient (Wildman–Crippen LogP) is 2.66. The smallest absolute Gasteiger partial charge is 0.178 e. The van der Waals surface area contributed by atoms with Crippen molar-refractivity contribution in [1.29, 1.82) is 0 Å². The Kier molecular flexibility index (Phi) is 2.59. The van der Waals surface area contributed by atoms with E-state index < -0.39 is 0 Å². The van der Waals surface area contributed by atoms with Crippen LogP contribution in [0.1, 0.15) is 0 Å². The molecule has 0 radical (unpaired) electrons. The Balaban J connectivity index is 2.06. The van der Waals surface area contributed by atoms with Crippen LogP contribution < -0.4 is 0 Å². The normalized spacial score (nSPS) is 10.4. The largest absolute Gasteiger partial charge is 0.253 e. The van der Waals surface area contributed by atoms with Gasteiger partial charge in [0.2, 0.25) is 0 Å². The lowest BCUT2D eigenvalue weighted by Crippen LogP contribution is -1.92. The molecule has 0 aliphatic heterocycles. The van der Waals surface area contributed by atoms with Gasteiger partial charge in [-0.25, -0.2) is 9.97 Å². The van der Waals surface area contributed by atoms with Gasteiger partial charge in [0.15, 0.2) is 5.82 Å². The minimum atomic E-state index is 0.636. The molecule has 0 spiro atoms. The Hall–Kier alpha value is -2.14. The van der Waals surface area contributed by atoms with E-state index in [9.17, 15) is 0 Å². The Morgan fingerprint density at radius 3 is 2.71 bits per heavy atom. The van der Waals surface area contributed by atoms with Crippen LogP contribution in [-0.2, 0) is 0 Å². The van der Waals surface area contributed by atoms with Crippen molar-refractivity contribution in [2.24, 2.45) is 0 Å². The maximum Gasteiger partial charge on any atom is 0.178 e. The topological polar surface area (TPSA) is 51.6 Å². The van der Waals surface area contributed by atoms with Crippen molar-refractivity contribution in [3.8, 4) is 22.1 Å². The maximum absolute atomic E-state index is 4.48. The molecular formula is C12H8N4S. The Morgan fingerprint density at radius 1 is 0.941 bits per heavy atom. The van der Waals surface area contributed by atoms with Crippen LogP contribution in [0.3, 0.4) is 0 Å². The van der Waals surface area contributed by atoms with Crippen molar-refractivity contribution in [3.63, 3.8) is 0 Å². The summed E-state index contributed by atoms with van der Waals surface area (Å²) in [5, 5.41) is 0. The highest BCUT2D eigenvalue weighted by molar-refractivity contribution is 7.13. The molecule has 0 aliphatic rings. The second-order valence-electron chi connectivity index (χ2n) is 3.35. The molecule has 0 aromatic carbocycles. The summed E-state index contributed by atoms with van der Waals surface area (Å²) in [6.45, 7) is 0. The van der Waals surface area contributed by atoms with Gasteiger partial charge in [-0.3, -0.25) is 9.97 Å². The first-order valence-corrected chi connectivity index (χ1v) is 5.95. The van der Waals surface area contributed by atoms with E-state index in [2.05, 4.69) is 19.9 Å². The molecule has 0 atom stereocenters. The second-order valence-corrected chi connectivity index (χ2v) is 4.23. The van der Waals surface area contributed by atoms with Crippen LogP contribution in [0.5, 0.6) is 0 Å². The fraction of sp³-hybridized carbons (Fsp3) is 0. The van der Waals surface area contributed by atoms with Gasteiger partial charge in [-0.05, 0) is 18.2 Å². The quantitative estimate of drug-likeness (QED) is 0.691. The van der Waals surface area contributed by atoms with Crippen LogP contribution >= 0.6 is 11.3 Å². The number of pyridine rings is 1. The third kappa shape index (κ3) is 2.05. The van der Waals surface area contributed by atoms with Gasteiger partial charge in [-0.15, -0.1) is 11.3 Å². The molecule has 0 bridgehead atoms. The van der Waals surface area contributed by atoms with Gasteiger partial charge < -0.3 is 0 Å². The van der Waals surface area contributed by atoms with Crippen LogP contribution in [0.2, 0.25) is 0 Å². The zero-order valence-electron chi connectivity index (χ0n) is 8.82. The van der Waals surface area contributed by atoms with Gasteiger partial charge in [0.25, 0.3) is 0 Å². The molecule has 82 valence electrons. The average Bonchev–Trinajstić information content (AvgIpc) is 2.94. The zero-order valence-corrected chi connectivity index (χ0v) is 9.63. The number of thiazole rings is 1. The highest BCUT2D eigenvalue weighted by Crippen LogP contribution is 2.22. The molecule has 3 aromatic rings. The maximum atomic E-state index is 4.48. The van der Waals surface area contributed by atoms with Gasteiger partial charge in [0.1, 0.15) is 5.69 Å². The fourth-order valence-electron chi connectivity index (χ4n) is 1.46. The molecule has 5 heteroatoms. The summed E-state index contributed by atoms with van der Waals surface area (Å²) >= 11 is 1.56. The Labute approximate surface area is 102 Å². The van der Waals surface area contributed by atoms with Crippen molar-refractivity contribution < 1.29 is 0 Å². The molecule has 3 rings (SSSR count). The van der Waals surface area contributed by atoms with Gasteiger partial charge in [0.05, 0.1) is 16.1 Å². The highest BCUT2D eigenvalue weighted by Gasteiger charge is 2.05. The molecule has 0 N–H and O–H groups in total. The molecule has 0 amide bonds. The molecular weight excluding hydrogens is 232 g/mol. The summed E-state index contributed by atoms with van der Waals surface area (Å²) in [6.07, 6.45) is 5.28. The number of aromatic nitrogens is 4. The second kappa shape index (κ2) is 4.39. The first-order valence-electron chi connectivity index (χ1n) is 5.07. The van der Waals surface area contributed by atoms with Crippen molar-refractivity contribution in [1.82, 2.24) is 19.9 Å². The number of rotatable bonds is 2. The van der Waals surface area contributed by atoms with E-state index >= 15 is 0 Å². The molecule has 0 fully saturated rings. The van der Waals surface area contributed by atoms with Gasteiger partial charge in [-0.1, -0.05) is 6.07 Å². The molecule has 3 heterocycles. The standard InChI is InChI=1S/C12H8N4S/c1-2-5-14-10(3-1)12-15-6-4-9(16-12)11-7-13-8-17-11/h1-8H. The first-order chi connectivity index (χ1) is 8.43. The van der Waals surface area contributed by atoms with Gasteiger partial charge in [0, 0.05) is 18.6 Å². The molecule has 0 saturated carbocycles. The number of nitrogens with zero attached hydrogens (tertiary/aromatic N) is 4. The van der Waals surface area contributed by atoms with Crippen molar-refractivity contribution in [2.45, 2.75) is 0 Å². The van der Waals surface area contributed by atoms with E-state index in [1.165, 1.54) is 0 Å². The lowest BCUT2D eigenvalue weighted by Gasteiger charge is -2.00. The monoisotopic (exact) mass is 240 g/mol. The zero-order chi connectivity index (χ0) is 11.5. The lowest BCUT2D eigenvalue weighted by atomic mass is 10.3. The third-order valence-corrected chi connectivity index (χ3v) is 3.03. The molecule has 4 nitrogen and oxygen atoms in total. The van der Waals surface area contributed by atoms with E-state index in [4.69, 9.17) is 0 Å². The Morgan fingerprint density at radius 2 is 1.94 bits per heavy atom.